The number of ether oxygens (including phenoxy) is 1. The van der Waals surface area contributed by atoms with Crippen LogP contribution in [0.5, 0.6) is 0 Å². The predicted octanol–water partition coefficient (Wildman–Crippen LogP) is 0.966. The number of carbonyl (C=O) groups is 1. The highest BCUT2D eigenvalue weighted by Gasteiger charge is 2.35. The van der Waals surface area contributed by atoms with Crippen molar-refractivity contribution in [1.82, 2.24) is 9.80 Å². The number of rotatable bonds is 3. The van der Waals surface area contributed by atoms with Crippen LogP contribution in [-0.4, -0.2) is 61.6 Å². The Morgan fingerprint density at radius 1 is 1.35 bits per heavy atom. The molecule has 0 aromatic carbocycles. The van der Waals surface area contributed by atoms with E-state index in [2.05, 4.69) is 11.9 Å². The lowest BCUT2D eigenvalue weighted by molar-refractivity contribution is -0.139. The lowest BCUT2D eigenvalue weighted by Crippen LogP contribution is -2.54. The van der Waals surface area contributed by atoms with Crippen molar-refractivity contribution < 1.29 is 9.53 Å². The molecule has 2 fully saturated rings. The number of piperidine rings is 2. The first-order chi connectivity index (χ1) is 8.22. The lowest BCUT2D eigenvalue weighted by Gasteiger charge is -2.45. The van der Waals surface area contributed by atoms with Crippen LogP contribution < -0.4 is 0 Å². The second kappa shape index (κ2) is 5.83. The van der Waals surface area contributed by atoms with Gasteiger partial charge in [-0.15, -0.1) is 0 Å². The SMILES string of the molecule is CCOCC(=O)N1CCC2C(CCCN2C)C1. The maximum absolute atomic E-state index is 11.9. The second-order valence-electron chi connectivity index (χ2n) is 5.22. The van der Waals surface area contributed by atoms with E-state index < -0.39 is 0 Å². The summed E-state index contributed by atoms with van der Waals surface area (Å²) in [5.41, 5.74) is 0. The molecule has 0 aliphatic carbocycles. The summed E-state index contributed by atoms with van der Waals surface area (Å²) >= 11 is 0. The van der Waals surface area contributed by atoms with E-state index in [0.29, 0.717) is 18.6 Å². The Labute approximate surface area is 104 Å². The summed E-state index contributed by atoms with van der Waals surface area (Å²) in [6, 6.07) is 0.694. The molecule has 0 aromatic heterocycles. The molecule has 0 radical (unpaired) electrons. The first-order valence-corrected chi connectivity index (χ1v) is 6.78. The molecule has 1 amide bonds. The van der Waals surface area contributed by atoms with E-state index in [1.54, 1.807) is 0 Å². The van der Waals surface area contributed by atoms with E-state index in [-0.39, 0.29) is 12.5 Å². The fourth-order valence-electron chi connectivity index (χ4n) is 3.16. The van der Waals surface area contributed by atoms with Crippen LogP contribution in [0.1, 0.15) is 26.2 Å². The molecule has 98 valence electrons. The van der Waals surface area contributed by atoms with Gasteiger partial charge in [-0.1, -0.05) is 0 Å². The fourth-order valence-corrected chi connectivity index (χ4v) is 3.16. The van der Waals surface area contributed by atoms with Gasteiger partial charge in [-0.25, -0.2) is 0 Å². The molecule has 0 spiro atoms. The number of carbonyl (C=O) groups excluding carboxylic acids is 1. The topological polar surface area (TPSA) is 32.8 Å². The lowest BCUT2D eigenvalue weighted by atomic mass is 9.84. The summed E-state index contributed by atoms with van der Waals surface area (Å²) in [4.78, 5) is 16.4. The Kier molecular flexibility index (Phi) is 4.40. The number of amides is 1. The normalized spacial score (nSPS) is 30.1. The van der Waals surface area contributed by atoms with Crippen LogP contribution in [0.3, 0.4) is 0 Å². The molecule has 0 aromatic rings. The smallest absolute Gasteiger partial charge is 0.248 e. The average Bonchev–Trinajstić information content (AvgIpc) is 2.36. The molecule has 2 unspecified atom stereocenters. The molecule has 2 rings (SSSR count). The van der Waals surface area contributed by atoms with Gasteiger partial charge in [-0.2, -0.15) is 0 Å². The van der Waals surface area contributed by atoms with Crippen molar-refractivity contribution in [2.75, 3.05) is 39.9 Å². The van der Waals surface area contributed by atoms with Gasteiger partial charge in [0, 0.05) is 25.7 Å². The van der Waals surface area contributed by atoms with Gasteiger partial charge in [0.05, 0.1) is 0 Å². The Hall–Kier alpha value is -0.610. The zero-order valence-corrected chi connectivity index (χ0v) is 11.0. The third-order valence-corrected chi connectivity index (χ3v) is 4.13. The number of fused-ring (bicyclic) bond motifs is 1. The highest BCUT2D eigenvalue weighted by Crippen LogP contribution is 2.29. The van der Waals surface area contributed by atoms with Gasteiger partial charge in [-0.05, 0) is 45.7 Å². The molecule has 2 aliphatic heterocycles. The first kappa shape index (κ1) is 12.8. The predicted molar refractivity (Wildman–Crippen MR) is 66.8 cm³/mol. The minimum absolute atomic E-state index is 0.165. The molecule has 0 N–H and O–H groups in total. The van der Waals surface area contributed by atoms with Crippen LogP contribution in [0.15, 0.2) is 0 Å². The molecular formula is C13H24N2O2. The number of hydrogen-bond donors (Lipinski definition) is 0. The van der Waals surface area contributed by atoms with Crippen molar-refractivity contribution in [3.63, 3.8) is 0 Å². The summed E-state index contributed by atoms with van der Waals surface area (Å²) < 4.78 is 5.20. The van der Waals surface area contributed by atoms with Gasteiger partial charge >= 0.3 is 0 Å². The maximum atomic E-state index is 11.9. The molecule has 2 saturated heterocycles. The Morgan fingerprint density at radius 3 is 2.94 bits per heavy atom. The van der Waals surface area contributed by atoms with E-state index in [0.717, 1.165) is 19.5 Å². The van der Waals surface area contributed by atoms with Gasteiger partial charge in [0.2, 0.25) is 5.91 Å². The fraction of sp³-hybridized carbons (Fsp3) is 0.923. The van der Waals surface area contributed by atoms with Crippen molar-refractivity contribution in [3.05, 3.63) is 0 Å². The van der Waals surface area contributed by atoms with E-state index in [1.165, 1.54) is 19.4 Å². The molecule has 2 aliphatic rings. The molecule has 17 heavy (non-hydrogen) atoms. The van der Waals surface area contributed by atoms with E-state index >= 15 is 0 Å². The summed E-state index contributed by atoms with van der Waals surface area (Å²) in [6.07, 6.45) is 3.66. The Bertz CT molecular complexity index is 270. The van der Waals surface area contributed by atoms with Gasteiger partial charge in [0.25, 0.3) is 0 Å². The number of hydrogen-bond acceptors (Lipinski definition) is 3. The van der Waals surface area contributed by atoms with Gasteiger partial charge in [0.15, 0.2) is 0 Å². The molecule has 0 saturated carbocycles. The largest absolute Gasteiger partial charge is 0.372 e. The van der Waals surface area contributed by atoms with Crippen molar-refractivity contribution in [3.8, 4) is 0 Å². The van der Waals surface area contributed by atoms with Crippen LogP contribution in [0.4, 0.5) is 0 Å². The molecule has 4 nitrogen and oxygen atoms in total. The van der Waals surface area contributed by atoms with Crippen LogP contribution in [0.25, 0.3) is 0 Å². The first-order valence-electron chi connectivity index (χ1n) is 6.78. The highest BCUT2D eigenvalue weighted by atomic mass is 16.5. The van der Waals surface area contributed by atoms with Crippen molar-refractivity contribution >= 4 is 5.91 Å². The minimum Gasteiger partial charge on any atom is -0.372 e. The molecular weight excluding hydrogens is 216 g/mol. The second-order valence-corrected chi connectivity index (χ2v) is 5.22. The van der Waals surface area contributed by atoms with E-state index in [9.17, 15) is 4.79 Å². The summed E-state index contributed by atoms with van der Waals surface area (Å²) in [7, 11) is 2.22. The van der Waals surface area contributed by atoms with E-state index in [4.69, 9.17) is 4.74 Å². The van der Waals surface area contributed by atoms with Gasteiger partial charge in [0.1, 0.15) is 6.61 Å². The van der Waals surface area contributed by atoms with Crippen molar-refractivity contribution in [2.24, 2.45) is 5.92 Å². The van der Waals surface area contributed by atoms with Crippen molar-refractivity contribution in [2.45, 2.75) is 32.2 Å². The van der Waals surface area contributed by atoms with Crippen LogP contribution in [0, 0.1) is 5.92 Å². The Balaban J connectivity index is 1.86. The van der Waals surface area contributed by atoms with Crippen LogP contribution in [-0.2, 0) is 9.53 Å². The zero-order chi connectivity index (χ0) is 12.3. The number of nitrogens with zero attached hydrogens (tertiary/aromatic N) is 2. The summed E-state index contributed by atoms with van der Waals surface area (Å²) in [5.74, 6) is 0.839. The van der Waals surface area contributed by atoms with Crippen LogP contribution >= 0.6 is 0 Å². The standard InChI is InChI=1S/C13H24N2O2/c1-3-17-10-13(16)15-8-6-12-11(9-15)5-4-7-14(12)2/h11-12H,3-10H2,1-2H3. The third-order valence-electron chi connectivity index (χ3n) is 4.13. The maximum Gasteiger partial charge on any atom is 0.248 e. The van der Waals surface area contributed by atoms with Crippen LogP contribution in [0.2, 0.25) is 0 Å². The van der Waals surface area contributed by atoms with Gasteiger partial charge in [-0.3, -0.25) is 4.79 Å². The zero-order valence-electron chi connectivity index (χ0n) is 11.0. The average molecular weight is 240 g/mol. The van der Waals surface area contributed by atoms with Gasteiger partial charge < -0.3 is 14.5 Å². The molecule has 2 heterocycles. The Morgan fingerprint density at radius 2 is 2.18 bits per heavy atom. The number of likely N-dealkylation sites (tertiary alicyclic amines) is 2. The summed E-state index contributed by atoms with van der Waals surface area (Å²) in [6.45, 7) is 5.85. The molecule has 0 bridgehead atoms. The highest BCUT2D eigenvalue weighted by molar-refractivity contribution is 5.77. The molecule has 2 atom stereocenters. The van der Waals surface area contributed by atoms with E-state index in [1.807, 2.05) is 11.8 Å². The summed E-state index contributed by atoms with van der Waals surface area (Å²) in [5, 5.41) is 0. The van der Waals surface area contributed by atoms with Crippen molar-refractivity contribution in [1.29, 1.82) is 0 Å². The third kappa shape index (κ3) is 2.99. The quantitative estimate of drug-likeness (QED) is 0.737. The minimum atomic E-state index is 0.165. The molecule has 4 heteroatoms. The monoisotopic (exact) mass is 240 g/mol.